The number of hydrogen-bond donors (Lipinski definition) is 2. The fourth-order valence-corrected chi connectivity index (χ4v) is 1.75. The molecular formula is C12H15N5O. The number of nitrogens with two attached hydrogens (primary N) is 1. The molecule has 3 rings (SSSR count). The molecule has 0 amide bonds. The summed E-state index contributed by atoms with van der Waals surface area (Å²) in [6, 6.07) is 1.81. The highest BCUT2D eigenvalue weighted by Crippen LogP contribution is 2.39. The van der Waals surface area contributed by atoms with E-state index in [4.69, 9.17) is 10.3 Å². The molecule has 0 aliphatic heterocycles. The summed E-state index contributed by atoms with van der Waals surface area (Å²) in [6.07, 6.45) is 3.87. The molecule has 0 spiro atoms. The molecule has 1 fully saturated rings. The van der Waals surface area contributed by atoms with E-state index in [0.29, 0.717) is 18.3 Å². The molecule has 0 unspecified atom stereocenters. The first-order chi connectivity index (χ1) is 8.74. The monoisotopic (exact) mass is 245 g/mol. The molecule has 0 radical (unpaired) electrons. The summed E-state index contributed by atoms with van der Waals surface area (Å²) < 4.78 is 4.78. The van der Waals surface area contributed by atoms with Crippen LogP contribution in [0.15, 0.2) is 16.9 Å². The van der Waals surface area contributed by atoms with Crippen molar-refractivity contribution in [1.82, 2.24) is 15.1 Å². The lowest BCUT2D eigenvalue weighted by atomic mass is 10.2. The molecule has 6 nitrogen and oxygen atoms in total. The summed E-state index contributed by atoms with van der Waals surface area (Å²) in [5, 5.41) is 7.07. The van der Waals surface area contributed by atoms with Gasteiger partial charge in [0.15, 0.2) is 0 Å². The summed E-state index contributed by atoms with van der Waals surface area (Å²) in [5.41, 5.74) is 7.62. The van der Waals surface area contributed by atoms with Gasteiger partial charge in [-0.1, -0.05) is 5.16 Å². The minimum atomic E-state index is 0.487. The molecule has 0 saturated heterocycles. The van der Waals surface area contributed by atoms with Crippen LogP contribution in [0, 0.1) is 6.92 Å². The molecule has 18 heavy (non-hydrogen) atoms. The molecule has 1 aliphatic rings. The first-order valence-electron chi connectivity index (χ1n) is 6.01. The van der Waals surface area contributed by atoms with Gasteiger partial charge in [0.1, 0.15) is 29.4 Å². The Bertz CT molecular complexity index is 548. The van der Waals surface area contributed by atoms with Crippen LogP contribution in [0.25, 0.3) is 0 Å². The molecular weight excluding hydrogens is 230 g/mol. The lowest BCUT2D eigenvalue weighted by Crippen LogP contribution is -2.09. The SMILES string of the molecule is Cc1c(N)nc(C2CC2)nc1NCc1ccon1. The second-order valence-corrected chi connectivity index (χ2v) is 4.56. The first-order valence-corrected chi connectivity index (χ1v) is 6.01. The van der Waals surface area contributed by atoms with E-state index in [1.807, 2.05) is 13.0 Å². The molecule has 3 N–H and O–H groups in total. The van der Waals surface area contributed by atoms with Crippen molar-refractivity contribution in [3.63, 3.8) is 0 Å². The predicted octanol–water partition coefficient (Wildman–Crippen LogP) is 1.84. The van der Waals surface area contributed by atoms with Crippen LogP contribution in [0.1, 0.15) is 35.8 Å². The smallest absolute Gasteiger partial charge is 0.136 e. The van der Waals surface area contributed by atoms with Crippen LogP contribution in [0.2, 0.25) is 0 Å². The van der Waals surface area contributed by atoms with Crippen LogP contribution in [0.5, 0.6) is 0 Å². The fraction of sp³-hybridized carbons (Fsp3) is 0.417. The summed E-state index contributed by atoms with van der Waals surface area (Å²) in [5.74, 6) is 2.67. The van der Waals surface area contributed by atoms with Gasteiger partial charge >= 0.3 is 0 Å². The molecule has 0 aromatic carbocycles. The van der Waals surface area contributed by atoms with Gasteiger partial charge in [0.2, 0.25) is 0 Å². The Kier molecular flexibility index (Phi) is 2.62. The van der Waals surface area contributed by atoms with E-state index in [1.54, 1.807) is 6.26 Å². The van der Waals surface area contributed by atoms with E-state index in [2.05, 4.69) is 20.4 Å². The van der Waals surface area contributed by atoms with Gasteiger partial charge in [0, 0.05) is 17.5 Å². The zero-order valence-corrected chi connectivity index (χ0v) is 10.2. The van der Waals surface area contributed by atoms with Crippen molar-refractivity contribution in [2.45, 2.75) is 32.2 Å². The maximum Gasteiger partial charge on any atom is 0.136 e. The third kappa shape index (κ3) is 2.13. The second kappa shape index (κ2) is 4.29. The van der Waals surface area contributed by atoms with Gasteiger partial charge in [0.25, 0.3) is 0 Å². The van der Waals surface area contributed by atoms with Crippen molar-refractivity contribution in [2.24, 2.45) is 0 Å². The molecule has 94 valence electrons. The molecule has 2 heterocycles. The largest absolute Gasteiger partial charge is 0.383 e. The Balaban J connectivity index is 1.81. The van der Waals surface area contributed by atoms with Crippen LogP contribution in [0.4, 0.5) is 11.6 Å². The van der Waals surface area contributed by atoms with E-state index in [-0.39, 0.29) is 0 Å². The van der Waals surface area contributed by atoms with Crippen molar-refractivity contribution in [3.8, 4) is 0 Å². The van der Waals surface area contributed by atoms with Crippen LogP contribution in [0.3, 0.4) is 0 Å². The number of nitrogens with one attached hydrogen (secondary N) is 1. The highest BCUT2D eigenvalue weighted by atomic mass is 16.5. The lowest BCUT2D eigenvalue weighted by molar-refractivity contribution is 0.412. The highest BCUT2D eigenvalue weighted by molar-refractivity contribution is 5.55. The number of nitrogen functional groups attached to an aromatic ring is 1. The number of aromatic nitrogens is 3. The Hall–Kier alpha value is -2.11. The Morgan fingerprint density at radius 1 is 1.44 bits per heavy atom. The molecule has 2 aromatic rings. The van der Waals surface area contributed by atoms with Gasteiger partial charge < -0.3 is 15.6 Å². The van der Waals surface area contributed by atoms with Crippen molar-refractivity contribution in [1.29, 1.82) is 0 Å². The van der Waals surface area contributed by atoms with Crippen molar-refractivity contribution >= 4 is 11.6 Å². The minimum absolute atomic E-state index is 0.487. The van der Waals surface area contributed by atoms with Crippen molar-refractivity contribution in [3.05, 3.63) is 29.4 Å². The summed E-state index contributed by atoms with van der Waals surface area (Å²) >= 11 is 0. The van der Waals surface area contributed by atoms with E-state index in [1.165, 1.54) is 0 Å². The van der Waals surface area contributed by atoms with Gasteiger partial charge in [0.05, 0.1) is 6.54 Å². The van der Waals surface area contributed by atoms with E-state index in [9.17, 15) is 0 Å². The average molecular weight is 245 g/mol. The summed E-state index contributed by atoms with van der Waals surface area (Å²) in [6.45, 7) is 2.48. The third-order valence-electron chi connectivity index (χ3n) is 3.07. The molecule has 1 aliphatic carbocycles. The van der Waals surface area contributed by atoms with Crippen molar-refractivity contribution in [2.75, 3.05) is 11.1 Å². The first kappa shape index (κ1) is 11.0. The van der Waals surface area contributed by atoms with Crippen LogP contribution < -0.4 is 11.1 Å². The number of anilines is 2. The number of hydrogen-bond acceptors (Lipinski definition) is 6. The molecule has 0 atom stereocenters. The highest BCUT2D eigenvalue weighted by Gasteiger charge is 2.27. The zero-order chi connectivity index (χ0) is 12.5. The maximum atomic E-state index is 5.91. The number of rotatable bonds is 4. The third-order valence-corrected chi connectivity index (χ3v) is 3.07. The number of nitrogens with zero attached hydrogens (tertiary/aromatic N) is 3. The Morgan fingerprint density at radius 3 is 2.94 bits per heavy atom. The van der Waals surface area contributed by atoms with Gasteiger partial charge in [-0.3, -0.25) is 0 Å². The van der Waals surface area contributed by atoms with Crippen LogP contribution >= 0.6 is 0 Å². The Labute approximate surface area is 105 Å². The van der Waals surface area contributed by atoms with Gasteiger partial charge in [-0.25, -0.2) is 9.97 Å². The van der Waals surface area contributed by atoms with E-state index >= 15 is 0 Å². The zero-order valence-electron chi connectivity index (χ0n) is 10.2. The summed E-state index contributed by atoms with van der Waals surface area (Å²) in [4.78, 5) is 8.87. The van der Waals surface area contributed by atoms with E-state index < -0.39 is 0 Å². The lowest BCUT2D eigenvalue weighted by Gasteiger charge is -2.10. The minimum Gasteiger partial charge on any atom is -0.383 e. The van der Waals surface area contributed by atoms with Crippen molar-refractivity contribution < 1.29 is 4.52 Å². The normalized spacial score (nSPS) is 14.7. The molecule has 6 heteroatoms. The standard InChI is InChI=1S/C12H15N5O/c1-7-10(13)15-12(8-2-3-8)16-11(7)14-6-9-4-5-18-17-9/h4-5,8H,2-3,6H2,1H3,(H3,13,14,15,16). The molecule has 2 aromatic heterocycles. The second-order valence-electron chi connectivity index (χ2n) is 4.56. The van der Waals surface area contributed by atoms with Gasteiger partial charge in [-0.05, 0) is 19.8 Å². The van der Waals surface area contributed by atoms with Gasteiger partial charge in [-0.15, -0.1) is 0 Å². The Morgan fingerprint density at radius 2 is 2.28 bits per heavy atom. The van der Waals surface area contributed by atoms with E-state index in [0.717, 1.165) is 35.7 Å². The topological polar surface area (TPSA) is 89.9 Å². The maximum absolute atomic E-state index is 5.91. The van der Waals surface area contributed by atoms with Crippen LogP contribution in [-0.2, 0) is 6.54 Å². The van der Waals surface area contributed by atoms with Crippen LogP contribution in [-0.4, -0.2) is 15.1 Å². The average Bonchev–Trinajstić information content (AvgIpc) is 3.08. The predicted molar refractivity (Wildman–Crippen MR) is 67.0 cm³/mol. The quantitative estimate of drug-likeness (QED) is 0.854. The fourth-order valence-electron chi connectivity index (χ4n) is 1.75. The summed E-state index contributed by atoms with van der Waals surface area (Å²) in [7, 11) is 0. The molecule has 0 bridgehead atoms. The molecule has 1 saturated carbocycles. The van der Waals surface area contributed by atoms with Gasteiger partial charge in [-0.2, -0.15) is 0 Å².